The number of likely N-dealkylation sites (tertiary alicyclic amines) is 1. The van der Waals surface area contributed by atoms with E-state index >= 15 is 0 Å². The minimum Gasteiger partial charge on any atom is -0.316 e. The first-order valence-corrected chi connectivity index (χ1v) is 8.51. The van der Waals surface area contributed by atoms with E-state index in [1.807, 2.05) is 0 Å². The van der Waals surface area contributed by atoms with Gasteiger partial charge >= 0.3 is 0 Å². The quantitative estimate of drug-likeness (QED) is 0.735. The average Bonchev–Trinajstić information content (AvgIpc) is 2.84. The van der Waals surface area contributed by atoms with Crippen LogP contribution in [0.25, 0.3) is 0 Å². The van der Waals surface area contributed by atoms with E-state index in [2.05, 4.69) is 28.9 Å². The van der Waals surface area contributed by atoms with Crippen molar-refractivity contribution < 1.29 is 0 Å². The molecular formula is C14H28N2S. The lowest BCUT2D eigenvalue weighted by Gasteiger charge is -2.30. The molecule has 0 aromatic carbocycles. The smallest absolute Gasteiger partial charge is 0.000664 e. The molecule has 1 unspecified atom stereocenters. The minimum absolute atomic E-state index is 0.954. The van der Waals surface area contributed by atoms with Gasteiger partial charge in [-0.1, -0.05) is 6.92 Å². The van der Waals surface area contributed by atoms with Crippen molar-refractivity contribution >= 4 is 11.8 Å². The Hall–Kier alpha value is 0.270. The standard InChI is InChI=1S/C14H28N2S/c1-13-3-8-16(9-4-13)7-2-6-15-11-14-5-10-17-12-14/h13-15H,2-12H2,1H3. The van der Waals surface area contributed by atoms with Crippen LogP contribution in [0.15, 0.2) is 0 Å². The molecule has 17 heavy (non-hydrogen) atoms. The molecule has 2 nitrogen and oxygen atoms in total. The average molecular weight is 256 g/mol. The zero-order valence-electron chi connectivity index (χ0n) is 11.3. The summed E-state index contributed by atoms with van der Waals surface area (Å²) in [5.74, 6) is 4.69. The highest BCUT2D eigenvalue weighted by atomic mass is 32.2. The molecule has 1 N–H and O–H groups in total. The van der Waals surface area contributed by atoms with Crippen LogP contribution in [0, 0.1) is 11.8 Å². The fourth-order valence-electron chi connectivity index (χ4n) is 2.76. The van der Waals surface area contributed by atoms with Crippen molar-refractivity contribution in [1.82, 2.24) is 10.2 Å². The van der Waals surface area contributed by atoms with Gasteiger partial charge in [0.15, 0.2) is 0 Å². The summed E-state index contributed by atoms with van der Waals surface area (Å²) < 4.78 is 0. The summed E-state index contributed by atoms with van der Waals surface area (Å²) >= 11 is 2.12. The first-order chi connectivity index (χ1) is 8.34. The van der Waals surface area contributed by atoms with Crippen LogP contribution in [0.1, 0.15) is 32.6 Å². The maximum Gasteiger partial charge on any atom is -0.000664 e. The highest BCUT2D eigenvalue weighted by molar-refractivity contribution is 7.99. The lowest BCUT2D eigenvalue weighted by molar-refractivity contribution is 0.190. The number of nitrogens with one attached hydrogen (secondary N) is 1. The monoisotopic (exact) mass is 256 g/mol. The van der Waals surface area contributed by atoms with E-state index in [-0.39, 0.29) is 0 Å². The van der Waals surface area contributed by atoms with E-state index < -0.39 is 0 Å². The van der Waals surface area contributed by atoms with Gasteiger partial charge in [0.2, 0.25) is 0 Å². The van der Waals surface area contributed by atoms with E-state index in [0.29, 0.717) is 0 Å². The fraction of sp³-hybridized carbons (Fsp3) is 1.00. The molecule has 2 heterocycles. The molecule has 0 saturated carbocycles. The van der Waals surface area contributed by atoms with Gasteiger partial charge < -0.3 is 10.2 Å². The summed E-state index contributed by atoms with van der Waals surface area (Å²) in [5.41, 5.74) is 0. The Morgan fingerprint density at radius 2 is 2.06 bits per heavy atom. The summed E-state index contributed by atoms with van der Waals surface area (Å²) in [6, 6.07) is 0. The number of piperidine rings is 1. The maximum atomic E-state index is 3.64. The second kappa shape index (κ2) is 7.65. The van der Waals surface area contributed by atoms with Gasteiger partial charge in [0, 0.05) is 0 Å². The van der Waals surface area contributed by atoms with E-state index in [4.69, 9.17) is 0 Å². The van der Waals surface area contributed by atoms with Gasteiger partial charge in [-0.15, -0.1) is 0 Å². The number of thioether (sulfide) groups is 1. The van der Waals surface area contributed by atoms with Crippen LogP contribution in [0.2, 0.25) is 0 Å². The lowest BCUT2D eigenvalue weighted by atomic mass is 9.99. The molecule has 100 valence electrons. The second-order valence-corrected chi connectivity index (χ2v) is 6.96. The first-order valence-electron chi connectivity index (χ1n) is 7.35. The highest BCUT2D eigenvalue weighted by Crippen LogP contribution is 2.22. The topological polar surface area (TPSA) is 15.3 Å². The largest absolute Gasteiger partial charge is 0.316 e. The van der Waals surface area contributed by atoms with Crippen LogP contribution < -0.4 is 5.32 Å². The van der Waals surface area contributed by atoms with Crippen molar-refractivity contribution in [3.05, 3.63) is 0 Å². The Labute approximate surface area is 111 Å². The molecule has 2 fully saturated rings. The van der Waals surface area contributed by atoms with E-state index in [1.165, 1.54) is 69.9 Å². The summed E-state index contributed by atoms with van der Waals surface area (Å²) in [6.45, 7) is 8.83. The third-order valence-electron chi connectivity index (χ3n) is 4.16. The van der Waals surface area contributed by atoms with Gasteiger partial charge in [-0.05, 0) is 81.7 Å². The van der Waals surface area contributed by atoms with Crippen molar-refractivity contribution in [1.29, 1.82) is 0 Å². The second-order valence-electron chi connectivity index (χ2n) is 5.81. The molecule has 0 aromatic rings. The first kappa shape index (κ1) is 13.7. The van der Waals surface area contributed by atoms with Crippen molar-refractivity contribution in [3.8, 4) is 0 Å². The molecule has 0 spiro atoms. The Bertz CT molecular complexity index is 196. The molecule has 0 bridgehead atoms. The Morgan fingerprint density at radius 3 is 2.76 bits per heavy atom. The van der Waals surface area contributed by atoms with Crippen molar-refractivity contribution in [2.75, 3.05) is 44.2 Å². The zero-order valence-corrected chi connectivity index (χ0v) is 12.1. The molecule has 0 amide bonds. The van der Waals surface area contributed by atoms with Crippen molar-refractivity contribution in [3.63, 3.8) is 0 Å². The van der Waals surface area contributed by atoms with Crippen LogP contribution in [0.5, 0.6) is 0 Å². The Kier molecular flexibility index (Phi) is 6.16. The lowest BCUT2D eigenvalue weighted by Crippen LogP contribution is -2.35. The molecular weight excluding hydrogens is 228 g/mol. The minimum atomic E-state index is 0.954. The van der Waals surface area contributed by atoms with Crippen LogP contribution in [-0.2, 0) is 0 Å². The SMILES string of the molecule is CC1CCN(CCCNCC2CCSC2)CC1. The Morgan fingerprint density at radius 1 is 1.24 bits per heavy atom. The number of nitrogens with zero attached hydrogens (tertiary/aromatic N) is 1. The zero-order chi connectivity index (χ0) is 11.9. The summed E-state index contributed by atoms with van der Waals surface area (Å²) in [6.07, 6.45) is 5.58. The number of rotatable bonds is 6. The number of hydrogen-bond donors (Lipinski definition) is 1. The van der Waals surface area contributed by atoms with Gasteiger partial charge in [-0.2, -0.15) is 11.8 Å². The van der Waals surface area contributed by atoms with Gasteiger partial charge in [0.1, 0.15) is 0 Å². The van der Waals surface area contributed by atoms with Crippen LogP contribution in [0.3, 0.4) is 0 Å². The van der Waals surface area contributed by atoms with E-state index in [0.717, 1.165) is 11.8 Å². The summed E-state index contributed by atoms with van der Waals surface area (Å²) in [7, 11) is 0. The number of hydrogen-bond acceptors (Lipinski definition) is 3. The molecule has 0 aromatic heterocycles. The normalized spacial score (nSPS) is 27.7. The molecule has 3 heteroatoms. The van der Waals surface area contributed by atoms with Crippen molar-refractivity contribution in [2.24, 2.45) is 11.8 Å². The van der Waals surface area contributed by atoms with Gasteiger partial charge in [0.25, 0.3) is 0 Å². The van der Waals surface area contributed by atoms with Gasteiger partial charge in [-0.25, -0.2) is 0 Å². The highest BCUT2D eigenvalue weighted by Gasteiger charge is 2.16. The molecule has 0 aliphatic carbocycles. The Balaban J connectivity index is 1.43. The predicted octanol–water partition coefficient (Wildman–Crippen LogP) is 2.45. The fourth-order valence-corrected chi connectivity index (χ4v) is 4.05. The predicted molar refractivity (Wildman–Crippen MR) is 77.8 cm³/mol. The summed E-state index contributed by atoms with van der Waals surface area (Å²) in [5, 5.41) is 3.64. The molecule has 2 aliphatic heterocycles. The van der Waals surface area contributed by atoms with Gasteiger partial charge in [-0.3, -0.25) is 0 Å². The third-order valence-corrected chi connectivity index (χ3v) is 5.39. The van der Waals surface area contributed by atoms with E-state index in [1.54, 1.807) is 0 Å². The molecule has 0 radical (unpaired) electrons. The van der Waals surface area contributed by atoms with E-state index in [9.17, 15) is 0 Å². The van der Waals surface area contributed by atoms with Crippen LogP contribution in [-0.4, -0.2) is 49.1 Å². The van der Waals surface area contributed by atoms with Crippen molar-refractivity contribution in [2.45, 2.75) is 32.6 Å². The maximum absolute atomic E-state index is 3.64. The van der Waals surface area contributed by atoms with Crippen LogP contribution >= 0.6 is 11.8 Å². The molecule has 2 saturated heterocycles. The third kappa shape index (κ3) is 5.19. The van der Waals surface area contributed by atoms with Crippen LogP contribution in [0.4, 0.5) is 0 Å². The summed E-state index contributed by atoms with van der Waals surface area (Å²) in [4.78, 5) is 2.65. The molecule has 1 atom stereocenters. The molecule has 2 rings (SSSR count). The molecule has 2 aliphatic rings. The van der Waals surface area contributed by atoms with Gasteiger partial charge in [0.05, 0.1) is 0 Å².